The molecule has 3 rings (SSSR count). The molecule has 0 aliphatic heterocycles. The van der Waals surface area contributed by atoms with Gasteiger partial charge in [0.05, 0.1) is 17.7 Å². The third kappa shape index (κ3) is 16.4. The number of nitrogens with two attached hydrogens (primary N) is 1. The minimum absolute atomic E-state index is 0.0125. The van der Waals surface area contributed by atoms with Crippen molar-refractivity contribution in [2.24, 2.45) is 15.7 Å². The Morgan fingerprint density at radius 1 is 0.623 bits per heavy atom. The van der Waals surface area contributed by atoms with Gasteiger partial charge in [-0.2, -0.15) is 9.98 Å². The molecule has 6 N–H and O–H groups in total. The van der Waals surface area contributed by atoms with Crippen LogP contribution in [0.3, 0.4) is 0 Å². The maximum Gasteiger partial charge on any atom is 0.316 e. The normalized spacial score (nSPS) is 10.6. The molecule has 0 aliphatic carbocycles. The zero-order valence-corrected chi connectivity index (χ0v) is 32.6. The van der Waals surface area contributed by atoms with Crippen LogP contribution in [-0.4, -0.2) is 37.6 Å². The Morgan fingerprint density at radius 2 is 0.943 bits per heavy atom. The first-order valence-corrected chi connectivity index (χ1v) is 16.9. The van der Waals surface area contributed by atoms with Gasteiger partial charge in [-0.05, 0) is 114 Å². The van der Waals surface area contributed by atoms with Crippen molar-refractivity contribution in [2.75, 3.05) is 13.3 Å². The van der Waals surface area contributed by atoms with Crippen molar-refractivity contribution in [1.29, 1.82) is 0 Å². The van der Waals surface area contributed by atoms with Gasteiger partial charge in [0.1, 0.15) is 0 Å². The standard InChI is InChI=1S/C27H36N4O2.C12H17N.C3H2N2O2/c1-18(2)20-11-9-13-22(15-20)26(5,6)30-24(32)28-17-29-25(33)31-27(7,8)23-14-10-12-21(16-23)19(3)4;1-9(2)10-6-5-7-11(8-10)12(3,4)13;6-2-4-1-5-3-7/h9-16H,1,3,17H2,2,4-8H3,(H2,28,30,32)(H2,29,31,33);5-8H,1,13H2,2-4H3;1H2. The number of isocyanates is 2. The quantitative estimate of drug-likeness (QED) is 0.0725. The van der Waals surface area contributed by atoms with Crippen molar-refractivity contribution in [3.63, 3.8) is 0 Å². The molecule has 0 unspecified atom stereocenters. The van der Waals surface area contributed by atoms with E-state index in [4.69, 9.17) is 5.73 Å². The number of urea groups is 2. The Balaban J connectivity index is 0.000000571. The Bertz CT molecular complexity index is 1760. The lowest BCUT2D eigenvalue weighted by atomic mass is 9.92. The van der Waals surface area contributed by atoms with Gasteiger partial charge in [0.15, 0.2) is 6.67 Å². The monoisotopic (exact) mass is 721 g/mol. The van der Waals surface area contributed by atoms with E-state index in [2.05, 4.69) is 63.1 Å². The highest BCUT2D eigenvalue weighted by Crippen LogP contribution is 2.25. The maximum atomic E-state index is 12.4. The average molecular weight is 722 g/mol. The number of benzene rings is 3. The fraction of sp³-hybridized carbons (Fsp3) is 0.333. The maximum absolute atomic E-state index is 12.4. The second-order valence-corrected chi connectivity index (χ2v) is 14.1. The lowest BCUT2D eigenvalue weighted by Gasteiger charge is -2.28. The van der Waals surface area contributed by atoms with E-state index in [0.29, 0.717) is 0 Å². The Labute approximate surface area is 314 Å². The van der Waals surface area contributed by atoms with E-state index in [-0.39, 0.29) is 30.9 Å². The number of allylic oxidation sites excluding steroid dienone is 3. The van der Waals surface area contributed by atoms with E-state index in [1.54, 1.807) is 0 Å². The molecule has 0 bridgehead atoms. The van der Waals surface area contributed by atoms with E-state index in [9.17, 15) is 19.2 Å². The van der Waals surface area contributed by atoms with Crippen molar-refractivity contribution >= 4 is 40.9 Å². The van der Waals surface area contributed by atoms with Gasteiger partial charge in [-0.15, -0.1) is 0 Å². The number of hydrogen-bond donors (Lipinski definition) is 5. The van der Waals surface area contributed by atoms with Crippen molar-refractivity contribution < 1.29 is 19.2 Å². The predicted octanol–water partition coefficient (Wildman–Crippen LogP) is 8.01. The van der Waals surface area contributed by atoms with Crippen LogP contribution in [0.5, 0.6) is 0 Å². The molecule has 0 aromatic heterocycles. The molecule has 11 heteroatoms. The average Bonchev–Trinajstić information content (AvgIpc) is 3.08. The molecule has 3 aromatic rings. The van der Waals surface area contributed by atoms with Crippen molar-refractivity contribution in [1.82, 2.24) is 21.3 Å². The van der Waals surface area contributed by atoms with E-state index >= 15 is 0 Å². The summed E-state index contributed by atoms with van der Waals surface area (Å²) in [6, 6.07) is 23.3. The molecule has 0 atom stereocenters. The van der Waals surface area contributed by atoms with Crippen LogP contribution in [0.4, 0.5) is 9.59 Å². The summed E-state index contributed by atoms with van der Waals surface area (Å²) < 4.78 is 0. The summed E-state index contributed by atoms with van der Waals surface area (Å²) in [5.41, 5.74) is 13.8. The molecular weight excluding hydrogens is 667 g/mol. The third-order valence-electron chi connectivity index (χ3n) is 7.87. The molecule has 0 spiro atoms. The number of aliphatic imine (C=N–C) groups is 2. The fourth-order valence-corrected chi connectivity index (χ4v) is 4.63. The number of nitrogens with one attached hydrogen (secondary N) is 4. The van der Waals surface area contributed by atoms with Gasteiger partial charge in [-0.25, -0.2) is 19.2 Å². The summed E-state index contributed by atoms with van der Waals surface area (Å²) in [7, 11) is 0. The molecule has 53 heavy (non-hydrogen) atoms. The number of carbonyl (C=O) groups excluding carboxylic acids is 4. The molecule has 0 aliphatic rings. The first-order valence-electron chi connectivity index (χ1n) is 16.9. The Hall–Kier alpha value is -5.86. The van der Waals surface area contributed by atoms with Gasteiger partial charge in [-0.3, -0.25) is 0 Å². The van der Waals surface area contributed by atoms with Crippen LogP contribution >= 0.6 is 0 Å². The lowest BCUT2D eigenvalue weighted by Crippen LogP contribution is -2.52. The minimum atomic E-state index is -0.603. The minimum Gasteiger partial charge on any atom is -0.329 e. The molecule has 0 fully saturated rings. The van der Waals surface area contributed by atoms with Gasteiger partial charge >= 0.3 is 12.1 Å². The zero-order valence-electron chi connectivity index (χ0n) is 32.6. The van der Waals surface area contributed by atoms with Crippen LogP contribution in [0.1, 0.15) is 95.7 Å². The van der Waals surface area contributed by atoms with E-state index in [0.717, 1.165) is 50.1 Å². The summed E-state index contributed by atoms with van der Waals surface area (Å²) in [6.45, 7) is 29.3. The molecule has 3 aromatic carbocycles. The van der Waals surface area contributed by atoms with Crippen LogP contribution in [0.2, 0.25) is 0 Å². The summed E-state index contributed by atoms with van der Waals surface area (Å²) in [6.07, 6.45) is 2.41. The molecule has 0 radical (unpaired) electrons. The van der Waals surface area contributed by atoms with Gasteiger partial charge in [-0.1, -0.05) is 91.1 Å². The first kappa shape index (κ1) is 45.2. The number of amides is 4. The van der Waals surface area contributed by atoms with Gasteiger partial charge in [0, 0.05) is 5.54 Å². The SMILES string of the molecule is C=C(C)c1cccc(C(C)(C)N)c1.C=C(C)c1cccc(C(C)(C)NC(=O)NCNC(=O)NC(C)(C)c2cccc(C(=C)C)c2)c1.O=C=NCN=C=O. The van der Waals surface area contributed by atoms with Crippen LogP contribution in [0.15, 0.2) is 103 Å². The lowest BCUT2D eigenvalue weighted by molar-refractivity contribution is 0.223. The fourth-order valence-electron chi connectivity index (χ4n) is 4.63. The number of nitrogens with zero attached hydrogens (tertiary/aromatic N) is 2. The highest BCUT2D eigenvalue weighted by Gasteiger charge is 2.25. The van der Waals surface area contributed by atoms with Gasteiger partial charge < -0.3 is 27.0 Å². The van der Waals surface area contributed by atoms with Crippen LogP contribution < -0.4 is 27.0 Å². The Morgan fingerprint density at radius 3 is 1.25 bits per heavy atom. The smallest absolute Gasteiger partial charge is 0.316 e. The Kier molecular flexibility index (Phi) is 17.8. The second kappa shape index (κ2) is 20.9. The molecule has 11 nitrogen and oxygen atoms in total. The molecular formula is C42H55N7O4. The summed E-state index contributed by atoms with van der Waals surface area (Å²) in [5.74, 6) is 0. The van der Waals surface area contributed by atoms with Crippen LogP contribution in [0, 0.1) is 0 Å². The second-order valence-electron chi connectivity index (χ2n) is 14.1. The third-order valence-corrected chi connectivity index (χ3v) is 7.87. The molecule has 4 amide bonds. The van der Waals surface area contributed by atoms with Gasteiger partial charge in [0.25, 0.3) is 0 Å². The van der Waals surface area contributed by atoms with Crippen molar-refractivity contribution in [3.8, 4) is 0 Å². The van der Waals surface area contributed by atoms with Crippen molar-refractivity contribution in [3.05, 3.63) is 126 Å². The first-order chi connectivity index (χ1) is 24.6. The van der Waals surface area contributed by atoms with E-state index < -0.39 is 11.1 Å². The summed E-state index contributed by atoms with van der Waals surface area (Å²) in [4.78, 5) is 49.1. The van der Waals surface area contributed by atoms with Gasteiger partial charge in [0.2, 0.25) is 12.2 Å². The number of carbonyl (C=O) groups is 2. The van der Waals surface area contributed by atoms with Crippen molar-refractivity contribution in [2.45, 2.75) is 78.9 Å². The van der Waals surface area contributed by atoms with Crippen LogP contribution in [0.25, 0.3) is 16.7 Å². The molecule has 0 saturated heterocycles. The summed E-state index contributed by atoms with van der Waals surface area (Å²) >= 11 is 0. The largest absolute Gasteiger partial charge is 0.329 e. The predicted molar refractivity (Wildman–Crippen MR) is 216 cm³/mol. The number of hydrogen-bond acceptors (Lipinski definition) is 7. The van der Waals surface area contributed by atoms with Crippen LogP contribution in [-0.2, 0) is 26.2 Å². The molecule has 0 saturated carbocycles. The number of rotatable bonds is 12. The topological polar surface area (TPSA) is 167 Å². The zero-order chi connectivity index (χ0) is 40.4. The highest BCUT2D eigenvalue weighted by atomic mass is 16.2. The van der Waals surface area contributed by atoms with E-state index in [1.807, 2.05) is 123 Å². The molecule has 0 heterocycles. The summed E-state index contributed by atoms with van der Waals surface area (Å²) in [5, 5.41) is 11.2. The molecule has 282 valence electrons. The van der Waals surface area contributed by atoms with E-state index in [1.165, 1.54) is 12.2 Å². The highest BCUT2D eigenvalue weighted by molar-refractivity contribution is 5.78.